The minimum absolute atomic E-state index is 0.0213. The predicted molar refractivity (Wildman–Crippen MR) is 149 cm³/mol. The molecular formula is C29H29F2N6O5S+. The number of aliphatic hydroxyl groups is 1. The summed E-state index contributed by atoms with van der Waals surface area (Å²) in [5.41, 5.74) is -0.397. The molecule has 0 aliphatic carbocycles. The zero-order valence-electron chi connectivity index (χ0n) is 23.6. The molecule has 0 saturated carbocycles. The van der Waals surface area contributed by atoms with Gasteiger partial charge < -0.3 is 19.5 Å². The average molecular weight is 612 g/mol. The minimum Gasteiger partial charge on any atom is -0.464 e. The highest BCUT2D eigenvalue weighted by molar-refractivity contribution is 7.10. The van der Waals surface area contributed by atoms with E-state index in [1.165, 1.54) is 52.1 Å². The van der Waals surface area contributed by atoms with Crippen molar-refractivity contribution in [1.29, 1.82) is 5.26 Å². The second-order valence-electron chi connectivity index (χ2n) is 9.79. The van der Waals surface area contributed by atoms with E-state index in [0.29, 0.717) is 16.3 Å². The largest absolute Gasteiger partial charge is 0.464 e. The molecule has 14 heteroatoms. The third kappa shape index (κ3) is 7.56. The molecule has 2 aromatic carbocycles. The van der Waals surface area contributed by atoms with Crippen LogP contribution in [0.1, 0.15) is 35.9 Å². The average Bonchev–Trinajstić information content (AvgIpc) is 3.66. The van der Waals surface area contributed by atoms with Gasteiger partial charge in [0.25, 0.3) is 6.33 Å². The fourth-order valence-electron chi connectivity index (χ4n) is 4.24. The molecule has 0 radical (unpaired) electrons. The number of nitrogens with zero attached hydrogens (tertiary/aromatic N) is 6. The Bertz CT molecular complexity index is 1640. The number of carbonyl (C=O) groups excluding carboxylic acids is 2. The van der Waals surface area contributed by atoms with E-state index in [9.17, 15) is 19.1 Å². The van der Waals surface area contributed by atoms with Gasteiger partial charge >= 0.3 is 12.1 Å². The molecule has 2 heterocycles. The van der Waals surface area contributed by atoms with Crippen molar-refractivity contribution in [3.8, 4) is 17.3 Å². The van der Waals surface area contributed by atoms with E-state index < -0.39 is 35.2 Å². The number of hydrogen-bond donors (Lipinski definition) is 1. The first-order valence-corrected chi connectivity index (χ1v) is 13.9. The number of ether oxygens (including phenoxy) is 2. The minimum atomic E-state index is -2.00. The van der Waals surface area contributed by atoms with Crippen LogP contribution in [-0.4, -0.2) is 57.0 Å². The highest BCUT2D eigenvalue weighted by Crippen LogP contribution is 2.41. The van der Waals surface area contributed by atoms with Gasteiger partial charge in [0.2, 0.25) is 13.1 Å². The Kier molecular flexibility index (Phi) is 9.79. The first-order chi connectivity index (χ1) is 20.5. The number of hydrogen-bond acceptors (Lipinski definition) is 9. The van der Waals surface area contributed by atoms with Crippen LogP contribution in [0.15, 0.2) is 60.5 Å². The molecule has 1 N–H and O–H groups in total. The number of thiazole rings is 1. The highest BCUT2D eigenvalue weighted by Gasteiger charge is 2.43. The standard InChI is InChI=1S/C29H29F2N6O5S/c1-19(27-34-26(14-43-27)22-6-4-21(13-32)5-7-22)29(40,24-12-23(30)8-9-25(24)31)15-37-17-36(16-33-37)18-42-28(39)35(3)10-11-41-20(2)38/h4-9,12,14,16-17,19,40H,10-11,15,18H2,1-3H3/q+1. The van der Waals surface area contributed by atoms with Gasteiger partial charge in [-0.05, 0) is 30.3 Å². The molecular weight excluding hydrogens is 582 g/mol. The molecule has 0 aliphatic rings. The highest BCUT2D eigenvalue weighted by atomic mass is 32.1. The molecule has 0 aliphatic heterocycles. The molecule has 4 rings (SSSR count). The van der Waals surface area contributed by atoms with Crippen LogP contribution in [0.5, 0.6) is 0 Å². The van der Waals surface area contributed by atoms with Gasteiger partial charge in [-0.1, -0.05) is 19.1 Å². The fourth-order valence-corrected chi connectivity index (χ4v) is 5.21. The maximum Gasteiger partial charge on any atom is 0.412 e. The molecule has 224 valence electrons. The lowest BCUT2D eigenvalue weighted by molar-refractivity contribution is -0.728. The third-order valence-electron chi connectivity index (χ3n) is 6.73. The Labute approximate surface area is 250 Å². The van der Waals surface area contributed by atoms with E-state index in [-0.39, 0.29) is 32.0 Å². The summed E-state index contributed by atoms with van der Waals surface area (Å²) in [6.45, 7) is 2.58. The van der Waals surface area contributed by atoms with Gasteiger partial charge in [0.05, 0.1) is 28.9 Å². The van der Waals surface area contributed by atoms with Crippen LogP contribution in [-0.2, 0) is 33.1 Å². The van der Waals surface area contributed by atoms with E-state index in [4.69, 9.17) is 14.7 Å². The van der Waals surface area contributed by atoms with Crippen molar-refractivity contribution >= 4 is 23.4 Å². The number of nitriles is 1. The molecule has 11 nitrogen and oxygen atoms in total. The van der Waals surface area contributed by atoms with Gasteiger partial charge in [-0.25, -0.2) is 23.1 Å². The maximum absolute atomic E-state index is 15.1. The second-order valence-corrected chi connectivity index (χ2v) is 10.7. The summed E-state index contributed by atoms with van der Waals surface area (Å²) in [5.74, 6) is -2.80. The number of rotatable bonds is 11. The van der Waals surface area contributed by atoms with Crippen LogP contribution >= 0.6 is 11.3 Å². The molecule has 0 spiro atoms. The topological polar surface area (TPSA) is 134 Å². The van der Waals surface area contributed by atoms with Gasteiger partial charge in [0, 0.05) is 41.5 Å². The summed E-state index contributed by atoms with van der Waals surface area (Å²) in [6.07, 6.45) is 2.14. The monoisotopic (exact) mass is 611 g/mol. The van der Waals surface area contributed by atoms with Crippen molar-refractivity contribution in [2.24, 2.45) is 0 Å². The zero-order chi connectivity index (χ0) is 31.1. The van der Waals surface area contributed by atoms with Crippen molar-refractivity contribution in [2.45, 2.75) is 38.6 Å². The molecule has 0 fully saturated rings. The molecule has 2 unspecified atom stereocenters. The van der Waals surface area contributed by atoms with Gasteiger partial charge in [0.1, 0.15) is 30.4 Å². The Morgan fingerprint density at radius 3 is 2.67 bits per heavy atom. The number of aromatic nitrogens is 4. The summed E-state index contributed by atoms with van der Waals surface area (Å²) in [6, 6.07) is 11.8. The predicted octanol–water partition coefficient (Wildman–Crippen LogP) is 3.72. The van der Waals surface area contributed by atoms with Crippen molar-refractivity contribution in [2.75, 3.05) is 20.2 Å². The smallest absolute Gasteiger partial charge is 0.412 e. The lowest BCUT2D eigenvalue weighted by atomic mass is 9.82. The number of amides is 1. The molecule has 43 heavy (non-hydrogen) atoms. The Morgan fingerprint density at radius 1 is 1.23 bits per heavy atom. The van der Waals surface area contributed by atoms with Gasteiger partial charge in [-0.2, -0.15) is 5.26 Å². The van der Waals surface area contributed by atoms with Crippen molar-refractivity contribution < 1.29 is 37.5 Å². The van der Waals surface area contributed by atoms with E-state index in [2.05, 4.69) is 16.2 Å². The van der Waals surface area contributed by atoms with Gasteiger partial charge in [-0.15, -0.1) is 16.0 Å². The molecule has 1 amide bonds. The first kappa shape index (κ1) is 31.2. The van der Waals surface area contributed by atoms with Crippen LogP contribution in [0.4, 0.5) is 13.6 Å². The third-order valence-corrected chi connectivity index (χ3v) is 7.75. The molecule has 2 aromatic heterocycles. The second kappa shape index (κ2) is 13.5. The van der Waals surface area contributed by atoms with Gasteiger partial charge in [0.15, 0.2) is 0 Å². The summed E-state index contributed by atoms with van der Waals surface area (Å²) < 4.78 is 42.2. The fraction of sp³-hybridized carbons (Fsp3) is 0.310. The first-order valence-electron chi connectivity index (χ1n) is 13.1. The summed E-state index contributed by atoms with van der Waals surface area (Å²) in [5, 5.41) is 27.6. The zero-order valence-corrected chi connectivity index (χ0v) is 24.4. The lowest BCUT2D eigenvalue weighted by Gasteiger charge is -2.32. The lowest BCUT2D eigenvalue weighted by Crippen LogP contribution is -2.40. The van der Waals surface area contributed by atoms with Gasteiger partial charge in [-0.3, -0.25) is 4.79 Å². The molecule has 4 aromatic rings. The van der Waals surface area contributed by atoms with E-state index >= 15 is 4.39 Å². The Balaban J connectivity index is 1.54. The molecule has 2 atom stereocenters. The molecule has 0 bridgehead atoms. The quantitative estimate of drug-likeness (QED) is 0.200. The van der Waals surface area contributed by atoms with E-state index in [1.54, 1.807) is 36.6 Å². The van der Waals surface area contributed by atoms with Crippen LogP contribution in [0, 0.1) is 23.0 Å². The van der Waals surface area contributed by atoms with Crippen molar-refractivity contribution in [3.05, 3.63) is 88.3 Å². The number of likely N-dealkylation sites (N-methyl/N-ethyl adjacent to an activating group) is 1. The normalized spacial score (nSPS) is 13.0. The molecule has 0 saturated heterocycles. The van der Waals surface area contributed by atoms with Crippen LogP contribution in [0.25, 0.3) is 11.3 Å². The van der Waals surface area contributed by atoms with E-state index in [0.717, 1.165) is 23.8 Å². The SMILES string of the molecule is CC(=O)OCCN(C)C(=O)OC[n+]1cnn(CC(O)(c2cc(F)ccc2F)C(C)c2nc(-c3ccc(C#N)cc3)cs2)c1. The van der Waals surface area contributed by atoms with E-state index in [1.807, 2.05) is 0 Å². The summed E-state index contributed by atoms with van der Waals surface area (Å²) in [7, 11) is 1.49. The number of halogens is 2. The number of esters is 1. The Morgan fingerprint density at radius 2 is 1.98 bits per heavy atom. The number of benzene rings is 2. The maximum atomic E-state index is 15.1. The van der Waals surface area contributed by atoms with Crippen molar-refractivity contribution in [3.63, 3.8) is 0 Å². The van der Waals surface area contributed by atoms with Crippen LogP contribution in [0.2, 0.25) is 0 Å². The summed E-state index contributed by atoms with van der Waals surface area (Å²) in [4.78, 5) is 29.0. The van der Waals surface area contributed by atoms with Crippen LogP contribution in [0.3, 0.4) is 0 Å². The van der Waals surface area contributed by atoms with Crippen LogP contribution < -0.4 is 4.57 Å². The van der Waals surface area contributed by atoms with Crippen molar-refractivity contribution in [1.82, 2.24) is 19.7 Å². The number of carbonyl (C=O) groups is 2. The summed E-state index contributed by atoms with van der Waals surface area (Å²) >= 11 is 1.25. The Hall–Kier alpha value is -4.74.